The highest BCUT2D eigenvalue weighted by atomic mass is 19.1. The summed E-state index contributed by atoms with van der Waals surface area (Å²) in [4.78, 5) is 10.2. The van der Waals surface area contributed by atoms with Crippen molar-refractivity contribution in [3.63, 3.8) is 0 Å². The van der Waals surface area contributed by atoms with E-state index in [1.165, 1.54) is 0 Å². The molecule has 20 heavy (non-hydrogen) atoms. The Morgan fingerprint density at radius 2 is 2.35 bits per heavy atom. The molecule has 0 spiro atoms. The third-order valence-electron chi connectivity index (χ3n) is 3.43. The number of aliphatic hydroxyl groups is 1. The number of rotatable bonds is 3. The number of hydrogen-bond acceptors (Lipinski definition) is 6. The molecule has 0 amide bonds. The summed E-state index contributed by atoms with van der Waals surface area (Å²) >= 11 is 0. The van der Waals surface area contributed by atoms with E-state index in [0.717, 1.165) is 5.56 Å². The van der Waals surface area contributed by atoms with Crippen LogP contribution in [0.2, 0.25) is 0 Å². The van der Waals surface area contributed by atoms with Crippen LogP contribution in [-0.4, -0.2) is 45.6 Å². The molecule has 3 heterocycles. The van der Waals surface area contributed by atoms with Gasteiger partial charge < -0.3 is 14.5 Å². The van der Waals surface area contributed by atoms with Gasteiger partial charge in [0.1, 0.15) is 5.82 Å². The highest BCUT2D eigenvalue weighted by molar-refractivity contribution is 5.55. The summed E-state index contributed by atoms with van der Waals surface area (Å²) < 4.78 is 19.0. The maximum Gasteiger partial charge on any atom is 0.259 e. The van der Waals surface area contributed by atoms with Crippen molar-refractivity contribution in [2.24, 2.45) is 0 Å². The molecule has 1 aliphatic rings. The first-order valence-electron chi connectivity index (χ1n) is 6.41. The summed E-state index contributed by atoms with van der Waals surface area (Å²) in [5.41, 5.74) is -0.800. The molecule has 0 radical (unpaired) electrons. The molecule has 1 N–H and O–H groups in total. The van der Waals surface area contributed by atoms with Crippen LogP contribution in [0.15, 0.2) is 22.9 Å². The van der Waals surface area contributed by atoms with Gasteiger partial charge in [0.15, 0.2) is 11.5 Å². The zero-order valence-electron chi connectivity index (χ0n) is 11.1. The van der Waals surface area contributed by atoms with Crippen LogP contribution in [0.5, 0.6) is 0 Å². The van der Waals surface area contributed by atoms with Crippen molar-refractivity contribution in [3.05, 3.63) is 24.2 Å². The zero-order valence-corrected chi connectivity index (χ0v) is 11.1. The molecule has 0 saturated carbocycles. The van der Waals surface area contributed by atoms with Crippen LogP contribution < -0.4 is 4.90 Å². The monoisotopic (exact) mass is 278 g/mol. The summed E-state index contributed by atoms with van der Waals surface area (Å²) in [6.45, 7) is 2.00. The number of anilines is 1. The highest BCUT2D eigenvalue weighted by Gasteiger charge is 2.38. The smallest absolute Gasteiger partial charge is 0.259 e. The molecular weight excluding hydrogens is 263 g/mol. The number of aromatic nitrogens is 3. The third-order valence-corrected chi connectivity index (χ3v) is 3.43. The molecule has 0 aromatic carbocycles. The van der Waals surface area contributed by atoms with E-state index in [4.69, 9.17) is 9.63 Å². The van der Waals surface area contributed by atoms with Crippen LogP contribution in [0.4, 0.5) is 10.2 Å². The maximum atomic E-state index is 14.0. The van der Waals surface area contributed by atoms with Crippen LogP contribution in [0.1, 0.15) is 12.2 Å². The molecule has 0 aliphatic carbocycles. The van der Waals surface area contributed by atoms with Gasteiger partial charge in [0.25, 0.3) is 5.89 Å². The summed E-state index contributed by atoms with van der Waals surface area (Å²) in [6, 6.07) is 3.60. The fourth-order valence-electron chi connectivity index (χ4n) is 2.27. The first-order valence-corrected chi connectivity index (χ1v) is 6.41. The summed E-state index contributed by atoms with van der Waals surface area (Å²) in [6.07, 6.45) is 1.94. The van der Waals surface area contributed by atoms with Gasteiger partial charge in [-0.05, 0) is 19.1 Å². The number of nitrogens with zero attached hydrogens (tertiary/aromatic N) is 4. The molecule has 2 aromatic rings. The van der Waals surface area contributed by atoms with Crippen molar-refractivity contribution in [3.8, 4) is 11.5 Å². The minimum atomic E-state index is -1.52. The predicted molar refractivity (Wildman–Crippen MR) is 70.0 cm³/mol. The zero-order chi connectivity index (χ0) is 14.2. The van der Waals surface area contributed by atoms with Crippen molar-refractivity contribution in [2.75, 3.05) is 24.6 Å². The number of halogens is 1. The van der Waals surface area contributed by atoms with Crippen molar-refractivity contribution in [2.45, 2.75) is 19.0 Å². The molecule has 1 aliphatic heterocycles. The molecule has 1 saturated heterocycles. The lowest BCUT2D eigenvalue weighted by atomic mass is 10.1. The van der Waals surface area contributed by atoms with Gasteiger partial charge in [-0.15, -0.1) is 0 Å². The molecule has 0 bridgehead atoms. The fraction of sp³-hybridized carbons (Fsp3) is 0.462. The Morgan fingerprint density at radius 1 is 1.50 bits per heavy atom. The van der Waals surface area contributed by atoms with Crippen LogP contribution in [-0.2, 0) is 0 Å². The van der Waals surface area contributed by atoms with Crippen molar-refractivity contribution < 1.29 is 14.0 Å². The number of aryl methyl sites for hydroxylation is 1. The van der Waals surface area contributed by atoms with Crippen LogP contribution in [0.3, 0.4) is 0 Å². The standard InChI is InChI=1S/C13H15FN4O2/c1-9-16-12(20-17-9)10-2-3-11(15-6-10)18-5-4-13(14,7-18)8-19/h2-3,6,19H,4-5,7-8H2,1H3. The van der Waals surface area contributed by atoms with Gasteiger partial charge in [0.05, 0.1) is 18.7 Å². The van der Waals surface area contributed by atoms with Crippen molar-refractivity contribution in [1.29, 1.82) is 0 Å². The van der Waals surface area contributed by atoms with Crippen molar-refractivity contribution in [1.82, 2.24) is 15.1 Å². The normalized spacial score (nSPS) is 22.4. The molecule has 7 heteroatoms. The Labute approximate surface area is 115 Å². The SMILES string of the molecule is Cc1noc(-c2ccc(N3CCC(F)(CO)C3)nc2)n1. The van der Waals surface area contributed by atoms with E-state index in [2.05, 4.69) is 15.1 Å². The molecule has 6 nitrogen and oxygen atoms in total. The molecule has 3 rings (SSSR count). The second-order valence-electron chi connectivity index (χ2n) is 5.03. The molecule has 106 valence electrons. The van der Waals surface area contributed by atoms with Gasteiger partial charge in [-0.3, -0.25) is 0 Å². The van der Waals surface area contributed by atoms with Gasteiger partial charge in [-0.25, -0.2) is 9.37 Å². The molecule has 2 aromatic heterocycles. The van der Waals surface area contributed by atoms with E-state index >= 15 is 0 Å². The number of aliphatic hydroxyl groups excluding tert-OH is 1. The summed E-state index contributed by atoms with van der Waals surface area (Å²) in [7, 11) is 0. The second kappa shape index (κ2) is 4.82. The lowest BCUT2D eigenvalue weighted by Gasteiger charge is -2.19. The van der Waals surface area contributed by atoms with Crippen molar-refractivity contribution >= 4 is 5.82 Å². The van der Waals surface area contributed by atoms with Gasteiger partial charge in [0, 0.05) is 19.2 Å². The largest absolute Gasteiger partial charge is 0.393 e. The van der Waals surface area contributed by atoms with E-state index < -0.39 is 12.3 Å². The topological polar surface area (TPSA) is 75.3 Å². The van der Waals surface area contributed by atoms with Crippen LogP contribution in [0, 0.1) is 6.92 Å². The Hall–Kier alpha value is -2.02. The Kier molecular flexibility index (Phi) is 3.13. The first-order chi connectivity index (χ1) is 9.59. The van der Waals surface area contributed by atoms with Gasteiger partial charge in [-0.1, -0.05) is 5.16 Å². The van der Waals surface area contributed by atoms with E-state index in [-0.39, 0.29) is 6.54 Å². The van der Waals surface area contributed by atoms with Gasteiger partial charge in [-0.2, -0.15) is 4.98 Å². The van der Waals surface area contributed by atoms with Gasteiger partial charge in [0.2, 0.25) is 0 Å². The molecule has 1 unspecified atom stereocenters. The quantitative estimate of drug-likeness (QED) is 0.913. The average Bonchev–Trinajstić information content (AvgIpc) is 3.06. The van der Waals surface area contributed by atoms with Crippen LogP contribution >= 0.6 is 0 Å². The predicted octanol–water partition coefficient (Wildman–Crippen LogP) is 1.35. The van der Waals surface area contributed by atoms with Gasteiger partial charge >= 0.3 is 0 Å². The molecule has 1 fully saturated rings. The Balaban J connectivity index is 1.77. The molecular formula is C13H15FN4O2. The third kappa shape index (κ3) is 2.36. The minimum absolute atomic E-state index is 0.162. The minimum Gasteiger partial charge on any atom is -0.393 e. The Bertz CT molecular complexity index is 601. The molecule has 1 atom stereocenters. The number of hydrogen-bond donors (Lipinski definition) is 1. The Morgan fingerprint density at radius 3 is 2.90 bits per heavy atom. The lowest BCUT2D eigenvalue weighted by molar-refractivity contribution is 0.0909. The lowest BCUT2D eigenvalue weighted by Crippen LogP contribution is -2.32. The van der Waals surface area contributed by atoms with E-state index in [1.807, 2.05) is 11.0 Å². The number of pyridine rings is 1. The second-order valence-corrected chi connectivity index (χ2v) is 5.03. The summed E-state index contributed by atoms with van der Waals surface area (Å²) in [5.74, 6) is 1.66. The van der Waals surface area contributed by atoms with E-state index in [1.54, 1.807) is 19.2 Å². The summed E-state index contributed by atoms with van der Waals surface area (Å²) in [5, 5.41) is 12.8. The fourth-order valence-corrected chi connectivity index (χ4v) is 2.27. The first kappa shape index (κ1) is 13.0. The maximum absolute atomic E-state index is 14.0. The highest BCUT2D eigenvalue weighted by Crippen LogP contribution is 2.29. The van der Waals surface area contributed by atoms with E-state index in [9.17, 15) is 4.39 Å². The van der Waals surface area contributed by atoms with Crippen LogP contribution in [0.25, 0.3) is 11.5 Å². The average molecular weight is 278 g/mol. The van der Waals surface area contributed by atoms with E-state index in [0.29, 0.717) is 30.5 Å². The number of alkyl halides is 1.